The molecule has 12 heteroatoms. The van der Waals surface area contributed by atoms with E-state index in [0.717, 1.165) is 36.3 Å². The summed E-state index contributed by atoms with van der Waals surface area (Å²) in [6, 6.07) is 3.54. The number of oxazole rings is 1. The molecule has 0 saturated carbocycles. The van der Waals surface area contributed by atoms with E-state index in [2.05, 4.69) is 9.97 Å². The number of esters is 1. The molecule has 6 rings (SSSR count). The number of amides is 1. The van der Waals surface area contributed by atoms with E-state index >= 15 is 0 Å². The Hall–Kier alpha value is -3.86. The molecule has 3 aliphatic heterocycles. The molecule has 1 fully saturated rings. The Morgan fingerprint density at radius 2 is 1.95 bits per heavy atom. The zero-order valence-corrected chi connectivity index (χ0v) is 22.8. The molecule has 1 aromatic carbocycles. The molecule has 204 valence electrons. The number of H-pyrrole nitrogens is 1. The third-order valence-corrected chi connectivity index (χ3v) is 8.34. The Kier molecular flexibility index (Phi) is 6.13. The van der Waals surface area contributed by atoms with Gasteiger partial charge in [0.15, 0.2) is 5.69 Å². The Morgan fingerprint density at radius 3 is 2.69 bits per heavy atom. The number of carbonyl (C=O) groups is 2. The van der Waals surface area contributed by atoms with Crippen LogP contribution < -0.4 is 20.3 Å². The summed E-state index contributed by atoms with van der Waals surface area (Å²) in [4.78, 5) is 56.2. The summed E-state index contributed by atoms with van der Waals surface area (Å²) in [5.41, 5.74) is 1.94. The minimum Gasteiger partial charge on any atom is -0.461 e. The number of rotatable bonds is 4. The number of carbonyl (C=O) groups excluding carboxylic acids is 2. The second-order valence-electron chi connectivity index (χ2n) is 10.3. The number of hydrogen-bond acceptors (Lipinski definition) is 9. The summed E-state index contributed by atoms with van der Waals surface area (Å²) < 4.78 is 10.5. The lowest BCUT2D eigenvalue weighted by Crippen LogP contribution is -2.49. The smallest absolute Gasteiger partial charge is 0.360 e. The first-order valence-corrected chi connectivity index (χ1v) is 13.5. The summed E-state index contributed by atoms with van der Waals surface area (Å²) in [6.45, 7) is 3.87. The van der Waals surface area contributed by atoms with Crippen molar-refractivity contribution in [2.45, 2.75) is 38.0 Å². The van der Waals surface area contributed by atoms with Crippen molar-refractivity contribution in [3.63, 3.8) is 0 Å². The van der Waals surface area contributed by atoms with Crippen molar-refractivity contribution >= 4 is 40.9 Å². The van der Waals surface area contributed by atoms with E-state index in [4.69, 9.17) is 25.7 Å². The number of benzene rings is 1. The quantitative estimate of drug-likeness (QED) is 0.486. The summed E-state index contributed by atoms with van der Waals surface area (Å²) >= 11 is 6.85. The highest BCUT2D eigenvalue weighted by molar-refractivity contribution is 6.33. The van der Waals surface area contributed by atoms with Crippen LogP contribution in [0.5, 0.6) is 0 Å². The molecule has 1 N–H and O–H groups in total. The van der Waals surface area contributed by atoms with Gasteiger partial charge in [0.1, 0.15) is 12.1 Å². The number of hydrogen-bond donors (Lipinski definition) is 1. The lowest BCUT2D eigenvalue weighted by atomic mass is 9.73. The first-order chi connectivity index (χ1) is 18.7. The number of fused-ring (bicyclic) bond motifs is 3. The molecule has 2 aromatic heterocycles. The third kappa shape index (κ3) is 3.98. The Bertz CT molecular complexity index is 1540. The van der Waals surface area contributed by atoms with Gasteiger partial charge in [-0.3, -0.25) is 14.6 Å². The van der Waals surface area contributed by atoms with Crippen LogP contribution in [-0.4, -0.2) is 67.2 Å². The number of ether oxygens (including phenoxy) is 1. The van der Waals surface area contributed by atoms with Gasteiger partial charge in [-0.15, -0.1) is 0 Å². The Balaban J connectivity index is 1.29. The van der Waals surface area contributed by atoms with Gasteiger partial charge >= 0.3 is 5.97 Å². The van der Waals surface area contributed by atoms with Gasteiger partial charge in [-0.05, 0) is 44.7 Å². The lowest BCUT2D eigenvalue weighted by molar-refractivity contribution is -0.123. The zero-order chi connectivity index (χ0) is 27.5. The van der Waals surface area contributed by atoms with E-state index in [9.17, 15) is 14.4 Å². The van der Waals surface area contributed by atoms with Crippen molar-refractivity contribution < 1.29 is 18.7 Å². The largest absolute Gasteiger partial charge is 0.461 e. The first kappa shape index (κ1) is 25.4. The molecular formula is C27H29ClN6O5. The molecule has 3 aliphatic rings. The van der Waals surface area contributed by atoms with E-state index in [0.29, 0.717) is 48.2 Å². The van der Waals surface area contributed by atoms with Gasteiger partial charge in [0.2, 0.25) is 17.7 Å². The maximum Gasteiger partial charge on any atom is 0.360 e. The summed E-state index contributed by atoms with van der Waals surface area (Å²) in [7, 11) is 3.69. The van der Waals surface area contributed by atoms with Crippen LogP contribution in [0, 0.1) is 0 Å². The zero-order valence-electron chi connectivity index (χ0n) is 22.0. The molecule has 1 amide bonds. The number of aromatic amines is 1. The van der Waals surface area contributed by atoms with Gasteiger partial charge in [0, 0.05) is 55.6 Å². The number of piperidine rings is 1. The van der Waals surface area contributed by atoms with E-state index in [1.807, 2.05) is 22.9 Å². The normalized spacial score (nSPS) is 17.9. The topological polar surface area (TPSA) is 125 Å². The average molecular weight is 553 g/mol. The highest BCUT2D eigenvalue weighted by Crippen LogP contribution is 2.52. The average Bonchev–Trinajstić information content (AvgIpc) is 3.50. The predicted molar refractivity (Wildman–Crippen MR) is 146 cm³/mol. The number of likely N-dealkylation sites (N-methyl/N-ethyl adjacent to an activating group) is 1. The molecule has 0 unspecified atom stereocenters. The van der Waals surface area contributed by atoms with E-state index in [-0.39, 0.29) is 29.7 Å². The Morgan fingerprint density at radius 1 is 1.18 bits per heavy atom. The summed E-state index contributed by atoms with van der Waals surface area (Å²) in [5, 5.41) is 0.437. The predicted octanol–water partition coefficient (Wildman–Crippen LogP) is 3.15. The van der Waals surface area contributed by atoms with Crippen molar-refractivity contribution in [1.82, 2.24) is 15.0 Å². The van der Waals surface area contributed by atoms with E-state index < -0.39 is 11.4 Å². The summed E-state index contributed by atoms with van der Waals surface area (Å²) in [6.07, 6.45) is 3.94. The van der Waals surface area contributed by atoms with Gasteiger partial charge in [0.25, 0.3) is 5.56 Å². The number of aromatic nitrogens is 3. The van der Waals surface area contributed by atoms with E-state index in [1.54, 1.807) is 24.9 Å². The fraction of sp³-hybridized carbons (Fsp3) is 0.444. The van der Waals surface area contributed by atoms with Crippen LogP contribution in [0.4, 0.5) is 17.5 Å². The molecule has 11 nitrogen and oxygen atoms in total. The highest BCUT2D eigenvalue weighted by atomic mass is 35.5. The van der Waals surface area contributed by atoms with Crippen molar-refractivity contribution in [1.29, 1.82) is 0 Å². The van der Waals surface area contributed by atoms with Crippen LogP contribution in [0.3, 0.4) is 0 Å². The molecule has 39 heavy (non-hydrogen) atoms. The maximum atomic E-state index is 13.7. The molecule has 0 aliphatic carbocycles. The third-order valence-electron chi connectivity index (χ3n) is 8.04. The fourth-order valence-electron chi connectivity index (χ4n) is 6.02. The van der Waals surface area contributed by atoms with E-state index in [1.165, 1.54) is 6.26 Å². The van der Waals surface area contributed by atoms with Crippen LogP contribution >= 0.6 is 11.6 Å². The van der Waals surface area contributed by atoms with Crippen molar-refractivity contribution in [3.05, 3.63) is 50.6 Å². The summed E-state index contributed by atoms with van der Waals surface area (Å²) in [5.74, 6) is 0.882. The Labute approximate surface area is 229 Å². The molecule has 1 saturated heterocycles. The minimum absolute atomic E-state index is 0.0255. The number of nitrogens with one attached hydrogen (secondary N) is 1. The number of nitrogens with zero attached hydrogens (tertiary/aromatic N) is 5. The van der Waals surface area contributed by atoms with Gasteiger partial charge < -0.3 is 23.9 Å². The molecule has 0 atom stereocenters. The van der Waals surface area contributed by atoms with Gasteiger partial charge in [-0.25, -0.2) is 9.78 Å². The fourth-order valence-corrected chi connectivity index (χ4v) is 6.42. The standard InChI is InChI=1S/C27H29ClN6O5/c1-4-38-24(36)18-14-39-23(29-18)15-12-17(28)20-19(13-15)33(3)25(37)27(20)7-10-34(11-8-27)26-30-21-16(22(35)31-26)6-5-9-32(21)2/h12-14H,4-11H2,1-3H3,(H,30,31,35). The molecule has 5 heterocycles. The lowest BCUT2D eigenvalue weighted by Gasteiger charge is -2.39. The maximum absolute atomic E-state index is 13.7. The van der Waals surface area contributed by atoms with Crippen LogP contribution in [-0.2, 0) is 21.4 Å². The minimum atomic E-state index is -0.784. The van der Waals surface area contributed by atoms with Crippen LogP contribution in [0.25, 0.3) is 11.5 Å². The molecule has 0 bridgehead atoms. The molecule has 3 aromatic rings. The second kappa shape index (κ2) is 9.41. The second-order valence-corrected chi connectivity index (χ2v) is 10.7. The molecular weight excluding hydrogens is 524 g/mol. The number of anilines is 3. The highest BCUT2D eigenvalue weighted by Gasteiger charge is 2.52. The van der Waals surface area contributed by atoms with Crippen molar-refractivity contribution in [2.24, 2.45) is 0 Å². The van der Waals surface area contributed by atoms with Crippen LogP contribution in [0.15, 0.2) is 27.6 Å². The first-order valence-electron chi connectivity index (χ1n) is 13.1. The van der Waals surface area contributed by atoms with Gasteiger partial charge in [0.05, 0.1) is 17.6 Å². The van der Waals surface area contributed by atoms with Crippen molar-refractivity contribution in [3.8, 4) is 11.5 Å². The van der Waals surface area contributed by atoms with Crippen molar-refractivity contribution in [2.75, 3.05) is 55.0 Å². The monoisotopic (exact) mass is 552 g/mol. The molecule has 0 radical (unpaired) electrons. The number of halogens is 1. The van der Waals surface area contributed by atoms with Gasteiger partial charge in [-0.1, -0.05) is 11.6 Å². The molecule has 1 spiro atoms. The SMILES string of the molecule is CCOC(=O)c1coc(-c2cc(Cl)c3c(c2)N(C)C(=O)C32CCN(c3nc4c(c(=O)[nH]3)CCCN4C)CC2)n1. The van der Waals surface area contributed by atoms with Crippen LogP contribution in [0.1, 0.15) is 47.8 Å². The van der Waals surface area contributed by atoms with Crippen LogP contribution in [0.2, 0.25) is 5.02 Å². The van der Waals surface area contributed by atoms with Gasteiger partial charge in [-0.2, -0.15) is 4.98 Å².